The van der Waals surface area contributed by atoms with Crippen molar-refractivity contribution in [3.8, 4) is 11.1 Å². The molecule has 0 fully saturated rings. The summed E-state index contributed by atoms with van der Waals surface area (Å²) in [6.07, 6.45) is 2.07. The van der Waals surface area contributed by atoms with Gasteiger partial charge in [0, 0.05) is 29.1 Å². The van der Waals surface area contributed by atoms with Crippen LogP contribution in [0.3, 0.4) is 0 Å². The molecular formula is C17H22FNO. The van der Waals surface area contributed by atoms with E-state index in [1.54, 1.807) is 12.1 Å². The second kappa shape index (κ2) is 5.80. The third-order valence-corrected chi connectivity index (χ3v) is 3.60. The van der Waals surface area contributed by atoms with Gasteiger partial charge >= 0.3 is 0 Å². The largest absolute Gasteiger partial charge is 0.392 e. The third-order valence-electron chi connectivity index (χ3n) is 3.60. The SMILES string of the molecule is CC(C)c1c(CO)c(-c2ccc(F)cc2)cn1C(C)C. The lowest BCUT2D eigenvalue weighted by Crippen LogP contribution is -2.07. The van der Waals surface area contributed by atoms with E-state index < -0.39 is 0 Å². The lowest BCUT2D eigenvalue weighted by molar-refractivity contribution is 0.280. The Morgan fingerprint density at radius 3 is 2.15 bits per heavy atom. The van der Waals surface area contributed by atoms with E-state index in [0.29, 0.717) is 12.0 Å². The normalized spacial score (nSPS) is 11.6. The van der Waals surface area contributed by atoms with E-state index >= 15 is 0 Å². The molecule has 0 spiro atoms. The number of aliphatic hydroxyl groups excluding tert-OH is 1. The van der Waals surface area contributed by atoms with Gasteiger partial charge in [0.2, 0.25) is 0 Å². The van der Waals surface area contributed by atoms with Crippen LogP contribution in [0.25, 0.3) is 11.1 Å². The molecule has 1 heterocycles. The standard InChI is InChI=1S/C17H22FNO/c1-11(2)17-16(10-20)15(9-19(17)12(3)4)13-5-7-14(18)8-6-13/h5-9,11-12,20H,10H2,1-4H3. The fourth-order valence-corrected chi connectivity index (χ4v) is 2.70. The second-order valence-corrected chi connectivity index (χ2v) is 5.73. The van der Waals surface area contributed by atoms with Gasteiger partial charge in [-0.05, 0) is 37.5 Å². The molecule has 0 unspecified atom stereocenters. The Morgan fingerprint density at radius 2 is 1.70 bits per heavy atom. The quantitative estimate of drug-likeness (QED) is 0.873. The smallest absolute Gasteiger partial charge is 0.123 e. The molecule has 0 aliphatic heterocycles. The third kappa shape index (κ3) is 2.63. The van der Waals surface area contributed by atoms with Crippen molar-refractivity contribution in [3.63, 3.8) is 0 Å². The van der Waals surface area contributed by atoms with Gasteiger partial charge in [0.05, 0.1) is 6.61 Å². The highest BCUT2D eigenvalue weighted by Gasteiger charge is 2.20. The molecule has 0 aliphatic carbocycles. The Hall–Kier alpha value is -1.61. The molecule has 2 rings (SSSR count). The Labute approximate surface area is 119 Å². The number of rotatable bonds is 4. The maximum atomic E-state index is 13.1. The maximum absolute atomic E-state index is 13.1. The molecule has 1 aromatic heterocycles. The number of halogens is 1. The van der Waals surface area contributed by atoms with Crippen LogP contribution in [0.2, 0.25) is 0 Å². The van der Waals surface area contributed by atoms with E-state index in [2.05, 4.69) is 38.5 Å². The van der Waals surface area contributed by atoms with Gasteiger partial charge in [-0.25, -0.2) is 4.39 Å². The zero-order chi connectivity index (χ0) is 14.9. The van der Waals surface area contributed by atoms with Gasteiger partial charge in [-0.15, -0.1) is 0 Å². The van der Waals surface area contributed by atoms with Gasteiger partial charge in [-0.2, -0.15) is 0 Å². The Bertz CT molecular complexity index is 582. The number of nitrogens with zero attached hydrogens (tertiary/aromatic N) is 1. The first-order valence-electron chi connectivity index (χ1n) is 7.06. The van der Waals surface area contributed by atoms with Crippen LogP contribution < -0.4 is 0 Å². The number of aromatic nitrogens is 1. The van der Waals surface area contributed by atoms with Gasteiger partial charge in [0.15, 0.2) is 0 Å². The van der Waals surface area contributed by atoms with Gasteiger partial charge < -0.3 is 9.67 Å². The van der Waals surface area contributed by atoms with Crippen molar-refractivity contribution in [1.29, 1.82) is 0 Å². The van der Waals surface area contributed by atoms with Gasteiger partial charge in [0.1, 0.15) is 5.82 Å². The van der Waals surface area contributed by atoms with Crippen molar-refractivity contribution in [2.24, 2.45) is 0 Å². The first-order chi connectivity index (χ1) is 9.45. The molecule has 3 heteroatoms. The topological polar surface area (TPSA) is 25.2 Å². The van der Waals surface area contributed by atoms with Crippen LogP contribution in [0.4, 0.5) is 4.39 Å². The lowest BCUT2D eigenvalue weighted by Gasteiger charge is -2.16. The molecule has 2 aromatic rings. The molecule has 0 atom stereocenters. The van der Waals surface area contributed by atoms with Crippen LogP contribution in [0.5, 0.6) is 0 Å². The minimum Gasteiger partial charge on any atom is -0.392 e. The number of hydrogen-bond acceptors (Lipinski definition) is 1. The van der Waals surface area contributed by atoms with E-state index in [1.807, 2.05) is 0 Å². The summed E-state index contributed by atoms with van der Waals surface area (Å²) in [5.74, 6) is 0.0837. The summed E-state index contributed by atoms with van der Waals surface area (Å²) in [6.45, 7) is 8.51. The van der Waals surface area contributed by atoms with Crippen LogP contribution in [0.1, 0.15) is 50.9 Å². The van der Waals surface area contributed by atoms with Crippen molar-refractivity contribution in [1.82, 2.24) is 4.57 Å². The summed E-state index contributed by atoms with van der Waals surface area (Å²) in [6, 6.07) is 6.76. The highest BCUT2D eigenvalue weighted by Crippen LogP contribution is 2.34. The average molecular weight is 275 g/mol. The number of aliphatic hydroxyl groups is 1. The predicted octanol–water partition coefficient (Wildman–Crippen LogP) is 4.49. The van der Waals surface area contributed by atoms with Crippen molar-refractivity contribution < 1.29 is 9.50 Å². The fourth-order valence-electron chi connectivity index (χ4n) is 2.70. The van der Waals surface area contributed by atoms with Crippen molar-refractivity contribution in [3.05, 3.63) is 47.5 Å². The van der Waals surface area contributed by atoms with Gasteiger partial charge in [-0.1, -0.05) is 26.0 Å². The Morgan fingerprint density at radius 1 is 1.10 bits per heavy atom. The summed E-state index contributed by atoms with van der Waals surface area (Å²) in [5.41, 5.74) is 4.03. The predicted molar refractivity (Wildman–Crippen MR) is 80.2 cm³/mol. The monoisotopic (exact) mass is 275 g/mol. The van der Waals surface area contributed by atoms with Crippen molar-refractivity contribution in [2.45, 2.75) is 46.3 Å². The van der Waals surface area contributed by atoms with E-state index in [0.717, 1.165) is 22.4 Å². The van der Waals surface area contributed by atoms with Crippen LogP contribution >= 0.6 is 0 Å². The first kappa shape index (κ1) is 14.8. The molecule has 108 valence electrons. The van der Waals surface area contributed by atoms with Gasteiger partial charge in [-0.3, -0.25) is 0 Å². The van der Waals surface area contributed by atoms with Crippen LogP contribution in [-0.4, -0.2) is 9.67 Å². The van der Waals surface area contributed by atoms with Gasteiger partial charge in [0.25, 0.3) is 0 Å². The molecule has 0 radical (unpaired) electrons. The molecule has 0 saturated heterocycles. The molecule has 2 nitrogen and oxygen atoms in total. The Balaban J connectivity index is 2.64. The zero-order valence-corrected chi connectivity index (χ0v) is 12.5. The second-order valence-electron chi connectivity index (χ2n) is 5.73. The van der Waals surface area contributed by atoms with Crippen LogP contribution in [0, 0.1) is 5.82 Å². The molecule has 0 saturated carbocycles. The van der Waals surface area contributed by atoms with Crippen molar-refractivity contribution >= 4 is 0 Å². The maximum Gasteiger partial charge on any atom is 0.123 e. The van der Waals surface area contributed by atoms with Crippen LogP contribution in [-0.2, 0) is 6.61 Å². The summed E-state index contributed by atoms with van der Waals surface area (Å²) in [7, 11) is 0. The van der Waals surface area contributed by atoms with E-state index in [-0.39, 0.29) is 12.4 Å². The molecule has 0 bridgehead atoms. The van der Waals surface area contributed by atoms with E-state index in [1.165, 1.54) is 12.1 Å². The first-order valence-corrected chi connectivity index (χ1v) is 7.06. The fraction of sp³-hybridized carbons (Fsp3) is 0.412. The zero-order valence-electron chi connectivity index (χ0n) is 12.5. The molecule has 20 heavy (non-hydrogen) atoms. The average Bonchev–Trinajstić information content (AvgIpc) is 2.79. The summed E-state index contributed by atoms with van der Waals surface area (Å²) < 4.78 is 15.3. The summed E-state index contributed by atoms with van der Waals surface area (Å²) >= 11 is 0. The molecular weight excluding hydrogens is 253 g/mol. The Kier molecular flexibility index (Phi) is 4.29. The highest BCUT2D eigenvalue weighted by atomic mass is 19.1. The summed E-state index contributed by atoms with van der Waals surface area (Å²) in [5, 5.41) is 9.77. The lowest BCUT2D eigenvalue weighted by atomic mass is 9.99. The highest BCUT2D eigenvalue weighted by molar-refractivity contribution is 5.68. The minimum absolute atomic E-state index is 0.0000565. The molecule has 1 N–H and O–H groups in total. The number of benzene rings is 1. The molecule has 0 aliphatic rings. The molecule has 0 amide bonds. The molecule has 1 aromatic carbocycles. The number of hydrogen-bond donors (Lipinski definition) is 1. The van der Waals surface area contributed by atoms with E-state index in [9.17, 15) is 9.50 Å². The van der Waals surface area contributed by atoms with Crippen LogP contribution in [0.15, 0.2) is 30.5 Å². The summed E-state index contributed by atoms with van der Waals surface area (Å²) in [4.78, 5) is 0. The van der Waals surface area contributed by atoms with E-state index in [4.69, 9.17) is 0 Å². The minimum atomic E-state index is -0.244. The van der Waals surface area contributed by atoms with Crippen molar-refractivity contribution in [2.75, 3.05) is 0 Å².